The average molecular weight is 217 g/mol. The lowest BCUT2D eigenvalue weighted by Crippen LogP contribution is -2.29. The van der Waals surface area contributed by atoms with Crippen LogP contribution in [0.5, 0.6) is 0 Å². The van der Waals surface area contributed by atoms with E-state index in [1.807, 2.05) is 6.07 Å². The first-order valence-corrected chi connectivity index (χ1v) is 5.83. The summed E-state index contributed by atoms with van der Waals surface area (Å²) < 4.78 is 13.2. The van der Waals surface area contributed by atoms with Crippen LogP contribution in [0.4, 0.5) is 4.39 Å². The highest BCUT2D eigenvalue weighted by Gasteiger charge is 2.36. The van der Waals surface area contributed by atoms with E-state index in [1.54, 1.807) is 6.07 Å². The lowest BCUT2D eigenvalue weighted by molar-refractivity contribution is 0.294. The van der Waals surface area contributed by atoms with Crippen molar-refractivity contribution in [1.29, 1.82) is 5.26 Å². The first-order valence-electron chi connectivity index (χ1n) is 5.83. The molecule has 0 aromatic heterocycles. The van der Waals surface area contributed by atoms with Crippen molar-refractivity contribution >= 4 is 0 Å². The molecule has 0 heterocycles. The zero-order valence-corrected chi connectivity index (χ0v) is 9.54. The van der Waals surface area contributed by atoms with Gasteiger partial charge in [-0.3, -0.25) is 0 Å². The van der Waals surface area contributed by atoms with Crippen LogP contribution in [-0.4, -0.2) is 0 Å². The van der Waals surface area contributed by atoms with Crippen LogP contribution in [0.2, 0.25) is 0 Å². The van der Waals surface area contributed by atoms with Gasteiger partial charge < -0.3 is 0 Å². The molecule has 0 spiro atoms. The molecule has 0 atom stereocenters. The van der Waals surface area contributed by atoms with E-state index in [-0.39, 0.29) is 5.82 Å². The number of nitriles is 1. The minimum Gasteiger partial charge on any atom is -0.207 e. The summed E-state index contributed by atoms with van der Waals surface area (Å²) in [6.07, 6.45) is 3.83. The highest BCUT2D eigenvalue weighted by atomic mass is 19.1. The molecule has 1 saturated carbocycles. The Bertz CT molecular complexity index is 411. The summed E-state index contributed by atoms with van der Waals surface area (Å²) >= 11 is 0. The topological polar surface area (TPSA) is 23.8 Å². The van der Waals surface area contributed by atoms with Gasteiger partial charge >= 0.3 is 0 Å². The van der Waals surface area contributed by atoms with Crippen LogP contribution in [0.1, 0.15) is 38.2 Å². The van der Waals surface area contributed by atoms with Gasteiger partial charge in [0.2, 0.25) is 0 Å². The third-order valence-electron chi connectivity index (χ3n) is 3.72. The van der Waals surface area contributed by atoms with Crippen molar-refractivity contribution in [3.63, 3.8) is 0 Å². The van der Waals surface area contributed by atoms with Crippen LogP contribution in [0.15, 0.2) is 24.3 Å². The van der Waals surface area contributed by atoms with Crippen LogP contribution in [0.3, 0.4) is 0 Å². The van der Waals surface area contributed by atoms with E-state index in [4.69, 9.17) is 0 Å². The highest BCUT2D eigenvalue weighted by Crippen LogP contribution is 2.41. The van der Waals surface area contributed by atoms with Crippen molar-refractivity contribution in [1.82, 2.24) is 0 Å². The lowest BCUT2D eigenvalue weighted by atomic mass is 9.68. The summed E-state index contributed by atoms with van der Waals surface area (Å²) in [6, 6.07) is 8.93. The predicted octanol–water partition coefficient (Wildman–Crippen LogP) is 3.80. The molecule has 0 N–H and O–H groups in total. The summed E-state index contributed by atoms with van der Waals surface area (Å²) in [5.74, 6) is 0.445. The van der Waals surface area contributed by atoms with Crippen molar-refractivity contribution in [2.45, 2.75) is 38.0 Å². The second-order valence-electron chi connectivity index (χ2n) is 4.89. The molecule has 0 aliphatic heterocycles. The number of benzene rings is 1. The Morgan fingerprint density at radius 2 is 2.06 bits per heavy atom. The second-order valence-corrected chi connectivity index (χ2v) is 4.89. The van der Waals surface area contributed by atoms with Gasteiger partial charge in [0.15, 0.2) is 0 Å². The lowest BCUT2D eigenvalue weighted by Gasteiger charge is -2.34. The van der Waals surface area contributed by atoms with Gasteiger partial charge in [0.1, 0.15) is 5.82 Å². The SMILES string of the molecule is CC1CCC(C#N)(c2cccc(F)c2)CC1. The number of hydrogen-bond donors (Lipinski definition) is 0. The van der Waals surface area contributed by atoms with E-state index in [2.05, 4.69) is 13.0 Å². The monoisotopic (exact) mass is 217 g/mol. The molecule has 2 rings (SSSR count). The zero-order valence-electron chi connectivity index (χ0n) is 9.54. The number of nitrogens with zero attached hydrogens (tertiary/aromatic N) is 1. The summed E-state index contributed by atoms with van der Waals surface area (Å²) in [7, 11) is 0. The van der Waals surface area contributed by atoms with Crippen LogP contribution in [0, 0.1) is 23.1 Å². The smallest absolute Gasteiger partial charge is 0.123 e. The number of halogens is 1. The highest BCUT2D eigenvalue weighted by molar-refractivity contribution is 5.33. The van der Waals surface area contributed by atoms with Crippen molar-refractivity contribution in [2.75, 3.05) is 0 Å². The summed E-state index contributed by atoms with van der Waals surface area (Å²) in [6.45, 7) is 2.22. The third-order valence-corrected chi connectivity index (χ3v) is 3.72. The molecule has 0 saturated heterocycles. The van der Waals surface area contributed by atoms with Crippen molar-refractivity contribution in [2.24, 2.45) is 5.92 Å². The summed E-state index contributed by atoms with van der Waals surface area (Å²) in [5.41, 5.74) is 0.399. The fraction of sp³-hybridized carbons (Fsp3) is 0.500. The Hall–Kier alpha value is -1.36. The summed E-state index contributed by atoms with van der Waals surface area (Å²) in [5, 5.41) is 9.40. The maximum Gasteiger partial charge on any atom is 0.123 e. The molecule has 0 unspecified atom stereocenters. The van der Waals surface area contributed by atoms with Crippen LogP contribution >= 0.6 is 0 Å². The van der Waals surface area contributed by atoms with Crippen molar-refractivity contribution < 1.29 is 4.39 Å². The molecule has 1 aromatic rings. The minimum atomic E-state index is -0.450. The minimum absolute atomic E-state index is 0.245. The Morgan fingerprint density at radius 3 is 2.62 bits per heavy atom. The van der Waals surface area contributed by atoms with Crippen LogP contribution in [0.25, 0.3) is 0 Å². The molecule has 16 heavy (non-hydrogen) atoms. The molecule has 2 heteroatoms. The van der Waals surface area contributed by atoms with E-state index in [0.29, 0.717) is 5.92 Å². The fourth-order valence-electron chi connectivity index (χ4n) is 2.51. The Balaban J connectivity index is 2.32. The molecule has 84 valence electrons. The van der Waals surface area contributed by atoms with Gasteiger partial charge in [-0.1, -0.05) is 19.1 Å². The molecule has 0 bridgehead atoms. The number of rotatable bonds is 1. The van der Waals surface area contributed by atoms with Gasteiger partial charge in [-0.25, -0.2) is 4.39 Å². The molecule has 1 aliphatic carbocycles. The van der Waals surface area contributed by atoms with Gasteiger partial charge in [-0.05, 0) is 49.3 Å². The largest absolute Gasteiger partial charge is 0.207 e. The van der Waals surface area contributed by atoms with E-state index >= 15 is 0 Å². The first-order chi connectivity index (χ1) is 7.66. The zero-order chi connectivity index (χ0) is 11.6. The van der Waals surface area contributed by atoms with Gasteiger partial charge in [0, 0.05) is 0 Å². The van der Waals surface area contributed by atoms with Crippen LogP contribution < -0.4 is 0 Å². The molecule has 0 radical (unpaired) electrons. The molecule has 1 aliphatic rings. The third kappa shape index (κ3) is 1.95. The molecular formula is C14H16FN. The van der Waals surface area contributed by atoms with E-state index in [0.717, 1.165) is 31.2 Å². The van der Waals surface area contributed by atoms with E-state index in [9.17, 15) is 9.65 Å². The Labute approximate surface area is 95.9 Å². The number of hydrogen-bond acceptors (Lipinski definition) is 1. The van der Waals surface area contributed by atoms with Gasteiger partial charge in [-0.2, -0.15) is 5.26 Å². The van der Waals surface area contributed by atoms with E-state index < -0.39 is 5.41 Å². The molecule has 1 fully saturated rings. The normalized spacial score (nSPS) is 29.7. The van der Waals surface area contributed by atoms with Gasteiger partial charge in [-0.15, -0.1) is 0 Å². The van der Waals surface area contributed by atoms with Gasteiger partial charge in [0.25, 0.3) is 0 Å². The maximum absolute atomic E-state index is 13.2. The fourth-order valence-corrected chi connectivity index (χ4v) is 2.51. The second kappa shape index (κ2) is 4.25. The Kier molecular flexibility index (Phi) is 2.96. The molecule has 0 amide bonds. The quantitative estimate of drug-likeness (QED) is 0.702. The Morgan fingerprint density at radius 1 is 1.38 bits per heavy atom. The predicted molar refractivity (Wildman–Crippen MR) is 61.3 cm³/mol. The standard InChI is InChI=1S/C14H16FN/c1-11-5-7-14(10-16,8-6-11)12-3-2-4-13(15)9-12/h2-4,9,11H,5-8H2,1H3. The maximum atomic E-state index is 13.2. The van der Waals surface area contributed by atoms with Crippen molar-refractivity contribution in [3.05, 3.63) is 35.6 Å². The molecule has 1 nitrogen and oxygen atoms in total. The van der Waals surface area contributed by atoms with Crippen LogP contribution in [-0.2, 0) is 5.41 Å². The molecule has 1 aromatic carbocycles. The average Bonchev–Trinajstić information content (AvgIpc) is 2.31. The first kappa shape index (κ1) is 11.1. The molecular weight excluding hydrogens is 201 g/mol. The van der Waals surface area contributed by atoms with Gasteiger partial charge in [0.05, 0.1) is 11.5 Å². The van der Waals surface area contributed by atoms with Crippen molar-refractivity contribution in [3.8, 4) is 6.07 Å². The van der Waals surface area contributed by atoms with E-state index in [1.165, 1.54) is 12.1 Å². The summed E-state index contributed by atoms with van der Waals surface area (Å²) in [4.78, 5) is 0.